The quantitative estimate of drug-likeness (QED) is 0.564. The summed E-state index contributed by atoms with van der Waals surface area (Å²) in [7, 11) is 0. The van der Waals surface area contributed by atoms with Gasteiger partial charge in [-0.05, 0) is 39.8 Å². The van der Waals surface area contributed by atoms with Crippen LogP contribution in [0.3, 0.4) is 0 Å². The van der Waals surface area contributed by atoms with Crippen molar-refractivity contribution in [1.82, 2.24) is 4.98 Å². The van der Waals surface area contributed by atoms with E-state index < -0.39 is 22.1 Å². The van der Waals surface area contributed by atoms with Crippen LogP contribution in [0.25, 0.3) is 0 Å². The van der Waals surface area contributed by atoms with Gasteiger partial charge in [-0.3, -0.25) is 0 Å². The van der Waals surface area contributed by atoms with Crippen molar-refractivity contribution in [2.75, 3.05) is 6.61 Å². The second-order valence-electron chi connectivity index (χ2n) is 7.00. The van der Waals surface area contributed by atoms with E-state index in [0.717, 1.165) is 11.3 Å². The van der Waals surface area contributed by atoms with E-state index >= 15 is 0 Å². The van der Waals surface area contributed by atoms with Crippen molar-refractivity contribution in [3.05, 3.63) is 45.9 Å². The third kappa shape index (κ3) is 4.51. The fourth-order valence-electron chi connectivity index (χ4n) is 2.48. The number of nitrogens with zero attached hydrogens (tertiary/aromatic N) is 2. The van der Waals surface area contributed by atoms with Crippen LogP contribution < -0.4 is 4.74 Å². The second kappa shape index (κ2) is 8.00. The van der Waals surface area contributed by atoms with Gasteiger partial charge in [-0.1, -0.05) is 16.5 Å². The monoisotopic (exact) mass is 406 g/mol. The van der Waals surface area contributed by atoms with E-state index in [4.69, 9.17) is 9.47 Å². The Morgan fingerprint density at radius 3 is 2.89 bits per heavy atom. The van der Waals surface area contributed by atoms with Crippen LogP contribution in [0.4, 0.5) is 0 Å². The number of hydrogen-bond acceptors (Lipinski definition) is 7. The van der Waals surface area contributed by atoms with E-state index in [1.807, 2.05) is 45.0 Å². The summed E-state index contributed by atoms with van der Waals surface area (Å²) in [6.45, 7) is 7.73. The van der Waals surface area contributed by atoms with Crippen LogP contribution in [0.5, 0.6) is 5.75 Å². The molecule has 0 spiro atoms. The molecule has 0 saturated carbocycles. The minimum absolute atomic E-state index is 0.274. The molecule has 0 aliphatic carbocycles. The van der Waals surface area contributed by atoms with Crippen molar-refractivity contribution < 1.29 is 18.8 Å². The van der Waals surface area contributed by atoms with Crippen molar-refractivity contribution in [2.45, 2.75) is 45.0 Å². The number of rotatable bonds is 4. The number of carbonyl (C=O) groups is 1. The predicted molar refractivity (Wildman–Crippen MR) is 107 cm³/mol. The molecule has 2 aromatic rings. The van der Waals surface area contributed by atoms with Gasteiger partial charge in [0.15, 0.2) is 11.8 Å². The van der Waals surface area contributed by atoms with Gasteiger partial charge < -0.3 is 14.0 Å². The van der Waals surface area contributed by atoms with E-state index in [0.29, 0.717) is 23.8 Å². The molecule has 8 heteroatoms. The number of thiazole rings is 1. The summed E-state index contributed by atoms with van der Waals surface area (Å²) >= 11 is -0.0334. The van der Waals surface area contributed by atoms with Gasteiger partial charge in [-0.2, -0.15) is 0 Å². The van der Waals surface area contributed by atoms with Crippen LogP contribution in [0.15, 0.2) is 34.0 Å². The minimum atomic E-state index is -1.38. The lowest BCUT2D eigenvalue weighted by atomic mass is 10.0. The zero-order valence-electron chi connectivity index (χ0n) is 15.7. The Hall–Kier alpha value is -1.90. The summed E-state index contributed by atoms with van der Waals surface area (Å²) in [5.74, 6) is 0.227. The Bertz CT molecular complexity index is 857. The van der Waals surface area contributed by atoms with E-state index in [1.165, 1.54) is 11.3 Å². The fraction of sp³-hybridized carbons (Fsp3) is 0.421. The van der Waals surface area contributed by atoms with Crippen LogP contribution in [0, 0.1) is 0 Å². The van der Waals surface area contributed by atoms with Gasteiger partial charge in [-0.25, -0.2) is 9.78 Å². The highest BCUT2D eigenvalue weighted by Gasteiger charge is 2.33. The Morgan fingerprint density at radius 1 is 1.44 bits per heavy atom. The number of ether oxygens (including phenoxy) is 2. The van der Waals surface area contributed by atoms with Gasteiger partial charge in [0, 0.05) is 17.4 Å². The molecular formula is C19H22N2O4S2. The number of benzene rings is 1. The molecule has 0 saturated heterocycles. The Labute approximate surface area is 166 Å². The molecule has 1 aliphatic rings. The number of aromatic nitrogens is 1. The van der Waals surface area contributed by atoms with Crippen LogP contribution in [0.2, 0.25) is 0 Å². The molecule has 0 amide bonds. The predicted octanol–water partition coefficient (Wildman–Crippen LogP) is 4.09. The fourth-order valence-corrected chi connectivity index (χ4v) is 3.95. The van der Waals surface area contributed by atoms with Gasteiger partial charge >= 0.3 is 5.97 Å². The minimum Gasteiger partial charge on any atom is -0.591 e. The summed E-state index contributed by atoms with van der Waals surface area (Å²) in [5, 5.41) is 2.34. The lowest BCUT2D eigenvalue weighted by Crippen LogP contribution is -2.29. The first-order valence-electron chi connectivity index (χ1n) is 8.67. The van der Waals surface area contributed by atoms with Gasteiger partial charge in [0.2, 0.25) is 0 Å². The zero-order chi connectivity index (χ0) is 19.6. The molecule has 0 fully saturated rings. The Balaban J connectivity index is 1.92. The normalized spacial score (nSPS) is 19.3. The zero-order valence-corrected chi connectivity index (χ0v) is 17.4. The standard InChI is InChI=1S/C19H22N2O4S2/c1-5-24-18(22)14-11-26-17(20-14)16-10-13(21-27(23)19(2,3)4)12-8-6-7-9-15(12)25-16/h6-9,11,16H,5,10H2,1-4H3/b21-13-/t16-,27?/m1/s1. The average molecular weight is 407 g/mol. The maximum atomic E-state index is 12.6. The van der Waals surface area contributed by atoms with Crippen LogP contribution in [-0.2, 0) is 16.1 Å². The maximum absolute atomic E-state index is 12.6. The topological polar surface area (TPSA) is 83.8 Å². The van der Waals surface area contributed by atoms with Gasteiger partial charge in [0.05, 0.1) is 6.61 Å². The maximum Gasteiger partial charge on any atom is 0.357 e. The van der Waals surface area contributed by atoms with Crippen molar-refractivity contribution in [2.24, 2.45) is 4.40 Å². The molecule has 2 atom stereocenters. The molecular weight excluding hydrogens is 384 g/mol. The highest BCUT2D eigenvalue weighted by atomic mass is 32.2. The molecule has 2 heterocycles. The first-order valence-corrected chi connectivity index (χ1v) is 10.7. The van der Waals surface area contributed by atoms with Gasteiger partial charge in [0.25, 0.3) is 0 Å². The third-order valence-electron chi connectivity index (χ3n) is 3.84. The van der Waals surface area contributed by atoms with Crippen LogP contribution >= 0.6 is 11.3 Å². The highest BCUT2D eigenvalue weighted by molar-refractivity contribution is 7.91. The molecule has 0 N–H and O–H groups in total. The number of esters is 1. The average Bonchev–Trinajstić information content (AvgIpc) is 3.11. The smallest absolute Gasteiger partial charge is 0.357 e. The Kier molecular flexibility index (Phi) is 5.88. The highest BCUT2D eigenvalue weighted by Crippen LogP contribution is 2.37. The summed E-state index contributed by atoms with van der Waals surface area (Å²) in [6, 6.07) is 7.55. The van der Waals surface area contributed by atoms with Crippen molar-refractivity contribution in [1.29, 1.82) is 0 Å². The molecule has 144 valence electrons. The molecule has 1 unspecified atom stereocenters. The Morgan fingerprint density at radius 2 is 2.19 bits per heavy atom. The third-order valence-corrected chi connectivity index (χ3v) is 6.22. The SMILES string of the molecule is CCOC(=O)c1csc([C@H]2C/C(=N/[S+]([O-])C(C)(C)C)c3ccccc3O2)n1. The number of carbonyl (C=O) groups excluding carboxylic acids is 1. The largest absolute Gasteiger partial charge is 0.591 e. The van der Waals surface area contributed by atoms with E-state index in [1.54, 1.807) is 12.3 Å². The molecule has 1 aliphatic heterocycles. The van der Waals surface area contributed by atoms with Crippen LogP contribution in [-0.4, -0.2) is 32.6 Å². The van der Waals surface area contributed by atoms with Gasteiger partial charge in [-0.15, -0.1) is 11.3 Å². The van der Waals surface area contributed by atoms with E-state index in [9.17, 15) is 9.35 Å². The van der Waals surface area contributed by atoms with E-state index in [2.05, 4.69) is 9.38 Å². The van der Waals surface area contributed by atoms with Crippen LogP contribution in [0.1, 0.15) is 61.3 Å². The molecule has 1 aromatic carbocycles. The van der Waals surface area contributed by atoms with Crippen molar-refractivity contribution in [3.63, 3.8) is 0 Å². The summed E-state index contributed by atoms with van der Waals surface area (Å²) in [5.41, 5.74) is 1.84. The van der Waals surface area contributed by atoms with Crippen molar-refractivity contribution in [3.8, 4) is 5.75 Å². The molecule has 0 radical (unpaired) electrons. The van der Waals surface area contributed by atoms with Crippen molar-refractivity contribution >= 4 is 34.4 Å². The summed E-state index contributed by atoms with van der Waals surface area (Å²) < 4.78 is 27.7. The first kappa shape index (κ1) is 19.9. The summed E-state index contributed by atoms with van der Waals surface area (Å²) in [4.78, 5) is 16.3. The van der Waals surface area contributed by atoms with Gasteiger partial charge in [0.1, 0.15) is 32.6 Å². The molecule has 27 heavy (non-hydrogen) atoms. The molecule has 1 aromatic heterocycles. The first-order chi connectivity index (χ1) is 12.8. The second-order valence-corrected chi connectivity index (χ2v) is 9.79. The number of para-hydroxylation sites is 1. The summed E-state index contributed by atoms with van der Waals surface area (Å²) in [6.07, 6.45) is 0.0537. The number of fused-ring (bicyclic) bond motifs is 1. The molecule has 0 bridgehead atoms. The lowest BCUT2D eigenvalue weighted by Gasteiger charge is -2.26. The molecule has 3 rings (SSSR count). The molecule has 6 nitrogen and oxygen atoms in total. The number of hydrogen-bond donors (Lipinski definition) is 0. The lowest BCUT2D eigenvalue weighted by molar-refractivity contribution is 0.0519. The van der Waals surface area contributed by atoms with E-state index in [-0.39, 0.29) is 11.8 Å².